The molecule has 0 spiro atoms. The first-order chi connectivity index (χ1) is 9.34. The molecule has 0 aliphatic carbocycles. The molecule has 0 aliphatic rings. The molecule has 0 aliphatic heterocycles. The van der Waals surface area contributed by atoms with Gasteiger partial charge < -0.3 is 10.4 Å². The highest BCUT2D eigenvalue weighted by Crippen LogP contribution is 2.24. The van der Waals surface area contributed by atoms with Gasteiger partial charge in [0.25, 0.3) is 0 Å². The number of rotatable bonds is 8. The van der Waals surface area contributed by atoms with Gasteiger partial charge in [-0.25, -0.2) is 12.7 Å². The van der Waals surface area contributed by atoms with Gasteiger partial charge in [-0.05, 0) is 46.6 Å². The van der Waals surface area contributed by atoms with Gasteiger partial charge in [-0.3, -0.25) is 0 Å². The van der Waals surface area contributed by atoms with Crippen molar-refractivity contribution >= 4 is 26.0 Å². The molecule has 20 heavy (non-hydrogen) atoms. The second kappa shape index (κ2) is 7.97. The van der Waals surface area contributed by atoms with Gasteiger partial charge in [0, 0.05) is 19.6 Å². The van der Waals surface area contributed by atoms with Gasteiger partial charge in [-0.1, -0.05) is 13.0 Å². The van der Waals surface area contributed by atoms with Gasteiger partial charge in [-0.2, -0.15) is 0 Å². The standard InChI is InChI=1S/C13H21BrN2O3S/c1-3-16(20(2,18)19)8-4-7-15-10-11-5-6-13(17)12(14)9-11/h5-6,9,15,17H,3-4,7-8,10H2,1-2H3. The van der Waals surface area contributed by atoms with Gasteiger partial charge in [0.05, 0.1) is 10.7 Å². The van der Waals surface area contributed by atoms with E-state index in [-0.39, 0.29) is 5.75 Å². The molecule has 0 bridgehead atoms. The van der Waals surface area contributed by atoms with Crippen LogP contribution in [0.5, 0.6) is 5.75 Å². The molecule has 0 saturated carbocycles. The first-order valence-electron chi connectivity index (χ1n) is 6.48. The monoisotopic (exact) mass is 364 g/mol. The number of halogens is 1. The van der Waals surface area contributed by atoms with Crippen LogP contribution < -0.4 is 5.32 Å². The third kappa shape index (κ3) is 5.78. The van der Waals surface area contributed by atoms with E-state index in [1.165, 1.54) is 10.6 Å². The number of phenolic OH excluding ortho intramolecular Hbond substituents is 1. The largest absolute Gasteiger partial charge is 0.507 e. The summed E-state index contributed by atoms with van der Waals surface area (Å²) in [6, 6.07) is 5.35. The number of nitrogens with zero attached hydrogens (tertiary/aromatic N) is 1. The molecule has 0 saturated heterocycles. The van der Waals surface area contributed by atoms with Gasteiger partial charge in [0.1, 0.15) is 5.75 Å². The van der Waals surface area contributed by atoms with Gasteiger partial charge >= 0.3 is 0 Å². The van der Waals surface area contributed by atoms with E-state index in [9.17, 15) is 13.5 Å². The number of nitrogens with one attached hydrogen (secondary N) is 1. The normalized spacial score (nSPS) is 12.0. The molecule has 0 amide bonds. The highest BCUT2D eigenvalue weighted by atomic mass is 79.9. The summed E-state index contributed by atoms with van der Waals surface area (Å²) in [5.41, 5.74) is 1.06. The molecule has 114 valence electrons. The topological polar surface area (TPSA) is 69.6 Å². The quantitative estimate of drug-likeness (QED) is 0.691. The fraction of sp³-hybridized carbons (Fsp3) is 0.538. The van der Waals surface area contributed by atoms with E-state index >= 15 is 0 Å². The number of phenols is 1. The van der Waals surface area contributed by atoms with Gasteiger partial charge in [-0.15, -0.1) is 0 Å². The zero-order valence-corrected chi connectivity index (χ0v) is 14.2. The van der Waals surface area contributed by atoms with Crippen molar-refractivity contribution in [1.29, 1.82) is 0 Å². The lowest BCUT2D eigenvalue weighted by Gasteiger charge is -2.17. The molecule has 0 atom stereocenters. The molecular formula is C13H21BrN2O3S. The Labute approximate surface area is 129 Å². The summed E-state index contributed by atoms with van der Waals surface area (Å²) in [6.45, 7) is 4.29. The van der Waals surface area contributed by atoms with Crippen LogP contribution in [0.25, 0.3) is 0 Å². The van der Waals surface area contributed by atoms with E-state index in [0.29, 0.717) is 24.1 Å². The summed E-state index contributed by atoms with van der Waals surface area (Å²) in [5.74, 6) is 0.223. The summed E-state index contributed by atoms with van der Waals surface area (Å²) < 4.78 is 24.9. The van der Waals surface area contributed by atoms with Gasteiger partial charge in [0.15, 0.2) is 0 Å². The maximum Gasteiger partial charge on any atom is 0.211 e. The average Bonchev–Trinajstić information content (AvgIpc) is 2.36. The minimum atomic E-state index is -3.09. The fourth-order valence-corrected chi connectivity index (χ4v) is 3.19. The number of benzene rings is 1. The van der Waals surface area contributed by atoms with Crippen LogP contribution in [0.2, 0.25) is 0 Å². The van der Waals surface area contributed by atoms with Crippen molar-refractivity contribution in [3.05, 3.63) is 28.2 Å². The summed E-state index contributed by atoms with van der Waals surface area (Å²) >= 11 is 3.27. The Bertz CT molecular complexity index is 534. The molecule has 1 aromatic rings. The number of sulfonamides is 1. The number of hydrogen-bond donors (Lipinski definition) is 2. The van der Waals surface area contributed by atoms with E-state index in [0.717, 1.165) is 18.5 Å². The number of aromatic hydroxyl groups is 1. The van der Waals surface area contributed by atoms with Crippen LogP contribution in [0.15, 0.2) is 22.7 Å². The summed E-state index contributed by atoms with van der Waals surface area (Å²) in [7, 11) is -3.09. The molecule has 2 N–H and O–H groups in total. The smallest absolute Gasteiger partial charge is 0.211 e. The number of hydrogen-bond acceptors (Lipinski definition) is 4. The third-order valence-corrected chi connectivity index (χ3v) is 4.94. The zero-order chi connectivity index (χ0) is 15.2. The SMILES string of the molecule is CCN(CCCNCc1ccc(O)c(Br)c1)S(C)(=O)=O. The Morgan fingerprint density at radius 1 is 1.40 bits per heavy atom. The maximum absolute atomic E-state index is 11.4. The van der Waals surface area contributed by atoms with Crippen LogP contribution >= 0.6 is 15.9 Å². The molecule has 0 aromatic heterocycles. The fourth-order valence-electron chi connectivity index (χ4n) is 1.83. The van der Waals surface area contributed by atoms with Crippen molar-refractivity contribution in [3.8, 4) is 5.75 Å². The molecular weight excluding hydrogens is 344 g/mol. The second-order valence-electron chi connectivity index (χ2n) is 4.57. The lowest BCUT2D eigenvalue weighted by molar-refractivity contribution is 0.419. The van der Waals surface area contributed by atoms with Crippen LogP contribution in [0.1, 0.15) is 18.9 Å². The predicted octanol–water partition coefficient (Wildman–Crippen LogP) is 1.92. The van der Waals surface area contributed by atoms with Crippen molar-refractivity contribution in [2.24, 2.45) is 0 Å². The molecule has 1 aromatic carbocycles. The summed E-state index contributed by atoms with van der Waals surface area (Å²) in [4.78, 5) is 0. The Balaban J connectivity index is 2.30. The van der Waals surface area contributed by atoms with Crippen molar-refractivity contribution in [2.75, 3.05) is 25.9 Å². The summed E-state index contributed by atoms with van der Waals surface area (Å²) in [5, 5.41) is 12.6. The van der Waals surface area contributed by atoms with E-state index in [2.05, 4.69) is 21.2 Å². The van der Waals surface area contributed by atoms with Crippen LogP contribution in [0, 0.1) is 0 Å². The highest BCUT2D eigenvalue weighted by Gasteiger charge is 2.12. The highest BCUT2D eigenvalue weighted by molar-refractivity contribution is 9.10. The van der Waals surface area contributed by atoms with E-state index in [4.69, 9.17) is 0 Å². The first-order valence-corrected chi connectivity index (χ1v) is 9.12. The van der Waals surface area contributed by atoms with Gasteiger partial charge in [0.2, 0.25) is 10.0 Å². The van der Waals surface area contributed by atoms with Crippen LogP contribution in [0.3, 0.4) is 0 Å². The molecule has 5 nitrogen and oxygen atoms in total. The predicted molar refractivity (Wildman–Crippen MR) is 84.2 cm³/mol. The van der Waals surface area contributed by atoms with Crippen LogP contribution in [-0.2, 0) is 16.6 Å². The minimum absolute atomic E-state index is 0.223. The first kappa shape index (κ1) is 17.4. The van der Waals surface area contributed by atoms with E-state index in [1.807, 2.05) is 19.1 Å². The summed E-state index contributed by atoms with van der Waals surface area (Å²) in [6.07, 6.45) is 2.00. The molecule has 0 unspecified atom stereocenters. The average molecular weight is 365 g/mol. The molecule has 0 heterocycles. The molecule has 7 heteroatoms. The van der Waals surface area contributed by atoms with Crippen LogP contribution in [-0.4, -0.2) is 43.7 Å². The van der Waals surface area contributed by atoms with Crippen molar-refractivity contribution < 1.29 is 13.5 Å². The Hall–Kier alpha value is -0.630. The van der Waals surface area contributed by atoms with E-state index in [1.54, 1.807) is 6.07 Å². The lowest BCUT2D eigenvalue weighted by Crippen LogP contribution is -2.32. The van der Waals surface area contributed by atoms with Crippen molar-refractivity contribution in [1.82, 2.24) is 9.62 Å². The lowest BCUT2D eigenvalue weighted by atomic mass is 10.2. The molecule has 1 rings (SSSR count). The van der Waals surface area contributed by atoms with Crippen molar-refractivity contribution in [3.63, 3.8) is 0 Å². The minimum Gasteiger partial charge on any atom is -0.507 e. The van der Waals surface area contributed by atoms with E-state index < -0.39 is 10.0 Å². The second-order valence-corrected chi connectivity index (χ2v) is 7.41. The maximum atomic E-state index is 11.4. The zero-order valence-electron chi connectivity index (χ0n) is 11.8. The molecule has 0 radical (unpaired) electrons. The Kier molecular flexibility index (Phi) is 6.94. The Morgan fingerprint density at radius 2 is 2.10 bits per heavy atom. The van der Waals surface area contributed by atoms with Crippen LogP contribution in [0.4, 0.5) is 0 Å². The third-order valence-electron chi connectivity index (χ3n) is 2.92. The molecule has 0 fully saturated rings. The Morgan fingerprint density at radius 3 is 2.65 bits per heavy atom. The van der Waals surface area contributed by atoms with Crippen molar-refractivity contribution in [2.45, 2.75) is 19.9 Å².